The number of hydrazine groups is 1. The van der Waals surface area contributed by atoms with Gasteiger partial charge in [0.2, 0.25) is 0 Å². The lowest BCUT2D eigenvalue weighted by Crippen LogP contribution is -2.23. The van der Waals surface area contributed by atoms with Gasteiger partial charge < -0.3 is 15.4 Å². The fraction of sp³-hybridized carbons (Fsp3) is 0.273. The van der Waals surface area contributed by atoms with E-state index in [9.17, 15) is 5.11 Å². The summed E-state index contributed by atoms with van der Waals surface area (Å²) in [6, 6.07) is 15.9. The van der Waals surface area contributed by atoms with E-state index in [1.54, 1.807) is 0 Å². The summed E-state index contributed by atoms with van der Waals surface area (Å²) in [4.78, 5) is 4.45. The van der Waals surface area contributed by atoms with Crippen LogP contribution < -0.4 is 17.1 Å². The number of amidine groups is 1. The Labute approximate surface area is 181 Å². The molecule has 0 aliphatic carbocycles. The van der Waals surface area contributed by atoms with Crippen LogP contribution in [0.3, 0.4) is 0 Å². The van der Waals surface area contributed by atoms with Crippen LogP contribution in [0.15, 0.2) is 53.6 Å². The first-order chi connectivity index (χ1) is 14.6. The molecule has 0 radical (unpaired) electrons. The number of hydrogen-bond donors (Lipinski definition) is 4. The number of hydrazone groups is 1. The van der Waals surface area contributed by atoms with E-state index in [0.717, 1.165) is 47.3 Å². The molecule has 0 fully saturated rings. The molecule has 1 heterocycles. The molecule has 1 aromatic heterocycles. The Balaban J connectivity index is 1.89. The zero-order valence-electron chi connectivity index (χ0n) is 17.0. The Morgan fingerprint density at radius 2 is 1.93 bits per heavy atom. The van der Waals surface area contributed by atoms with Crippen molar-refractivity contribution in [1.82, 2.24) is 15.1 Å². The van der Waals surface area contributed by atoms with Crippen LogP contribution >= 0.6 is 11.6 Å². The smallest absolute Gasteiger partial charge is 0.152 e. The zero-order chi connectivity index (χ0) is 21.5. The lowest BCUT2D eigenvalue weighted by atomic mass is 9.98. The normalized spacial score (nSPS) is 11.7. The van der Waals surface area contributed by atoms with Gasteiger partial charge in [-0.25, -0.2) is 16.4 Å². The Morgan fingerprint density at radius 3 is 2.60 bits per heavy atom. The maximum absolute atomic E-state index is 9.75. The Morgan fingerprint density at radius 1 is 1.20 bits per heavy atom. The molecular formula is C22H27ClN6O. The number of nitrogens with two attached hydrogens (primary N) is 2. The predicted molar refractivity (Wildman–Crippen MR) is 121 cm³/mol. The molecule has 0 unspecified atom stereocenters. The van der Waals surface area contributed by atoms with Crippen molar-refractivity contribution in [3.8, 4) is 11.1 Å². The van der Waals surface area contributed by atoms with Crippen molar-refractivity contribution in [2.24, 2.45) is 16.7 Å². The number of aromatic nitrogens is 2. The van der Waals surface area contributed by atoms with Crippen LogP contribution in [0, 0.1) is 0 Å². The molecule has 3 aromatic rings. The minimum Gasteiger partial charge on any atom is -0.390 e. The lowest BCUT2D eigenvalue weighted by molar-refractivity contribution is 0.271. The SMILES string of the molecule is CCCCc1nc(Cl)c(CO)n1Cc1ccc(-c2ccccc2/C(N)=N/NN)cc1. The first-order valence-electron chi connectivity index (χ1n) is 9.91. The Hall–Kier alpha value is -2.87. The first kappa shape index (κ1) is 21.8. The molecule has 0 atom stereocenters. The van der Waals surface area contributed by atoms with Crippen LogP contribution in [0.2, 0.25) is 5.15 Å². The molecule has 0 spiro atoms. The number of hydrogen-bond acceptors (Lipinski definition) is 5. The standard InChI is InChI=1S/C22H27ClN6O/c1-2-3-8-20-26-21(23)19(14-30)29(20)13-15-9-11-16(12-10-15)17-6-4-5-7-18(17)22(24)27-28-25/h4-7,9-12,28,30H,2-3,8,13-14,25H2,1H3,(H2,24,27). The number of rotatable bonds is 9. The van der Waals surface area contributed by atoms with Crippen LogP contribution in [-0.4, -0.2) is 20.5 Å². The first-order valence-corrected chi connectivity index (χ1v) is 10.3. The summed E-state index contributed by atoms with van der Waals surface area (Å²) in [5.74, 6) is 6.48. The summed E-state index contributed by atoms with van der Waals surface area (Å²) >= 11 is 6.24. The van der Waals surface area contributed by atoms with Gasteiger partial charge in [-0.15, -0.1) is 5.10 Å². The van der Waals surface area contributed by atoms with Crippen LogP contribution in [0.1, 0.15) is 42.4 Å². The molecule has 0 aliphatic heterocycles. The van der Waals surface area contributed by atoms with Crippen LogP contribution in [0.5, 0.6) is 0 Å². The van der Waals surface area contributed by atoms with Crippen molar-refractivity contribution < 1.29 is 5.11 Å². The van der Waals surface area contributed by atoms with Gasteiger partial charge in [0.05, 0.1) is 12.3 Å². The molecule has 30 heavy (non-hydrogen) atoms. The summed E-state index contributed by atoms with van der Waals surface area (Å²) in [7, 11) is 0. The largest absolute Gasteiger partial charge is 0.390 e. The third-order valence-electron chi connectivity index (χ3n) is 5.00. The quantitative estimate of drug-likeness (QED) is 0.181. The van der Waals surface area contributed by atoms with Crippen LogP contribution in [0.25, 0.3) is 11.1 Å². The van der Waals surface area contributed by atoms with Crippen molar-refractivity contribution in [3.63, 3.8) is 0 Å². The van der Waals surface area contributed by atoms with E-state index in [2.05, 4.69) is 34.7 Å². The molecule has 3 rings (SSSR count). The third kappa shape index (κ3) is 4.81. The van der Waals surface area contributed by atoms with Crippen molar-refractivity contribution in [3.05, 3.63) is 76.3 Å². The second kappa shape index (κ2) is 10.2. The Bertz CT molecular complexity index is 1010. The average Bonchev–Trinajstić information content (AvgIpc) is 3.06. The van der Waals surface area contributed by atoms with E-state index in [-0.39, 0.29) is 6.61 Å². The molecule has 8 heteroatoms. The number of benzene rings is 2. The highest BCUT2D eigenvalue weighted by Gasteiger charge is 2.15. The monoisotopic (exact) mass is 426 g/mol. The number of aliphatic hydroxyl groups is 1. The molecular weight excluding hydrogens is 400 g/mol. The summed E-state index contributed by atoms with van der Waals surface area (Å²) in [6.45, 7) is 2.59. The number of halogens is 1. The van der Waals surface area contributed by atoms with Gasteiger partial charge in [0, 0.05) is 18.5 Å². The van der Waals surface area contributed by atoms with Gasteiger partial charge in [-0.3, -0.25) is 0 Å². The fourth-order valence-corrected chi connectivity index (χ4v) is 3.69. The van der Waals surface area contributed by atoms with Gasteiger partial charge in [0.15, 0.2) is 11.0 Å². The van der Waals surface area contributed by atoms with Gasteiger partial charge in [-0.2, -0.15) is 0 Å². The van der Waals surface area contributed by atoms with E-state index < -0.39 is 0 Å². The zero-order valence-corrected chi connectivity index (χ0v) is 17.7. The predicted octanol–water partition coefficient (Wildman–Crippen LogP) is 3.17. The van der Waals surface area contributed by atoms with E-state index in [4.69, 9.17) is 23.2 Å². The molecule has 0 saturated heterocycles. The number of imidazole rings is 1. The van der Waals surface area contributed by atoms with Crippen molar-refractivity contribution >= 4 is 17.4 Å². The van der Waals surface area contributed by atoms with Crippen molar-refractivity contribution in [2.75, 3.05) is 0 Å². The number of aliphatic hydroxyl groups excluding tert-OH is 1. The third-order valence-corrected chi connectivity index (χ3v) is 5.30. The highest BCUT2D eigenvalue weighted by molar-refractivity contribution is 6.30. The molecule has 0 bridgehead atoms. The highest BCUT2D eigenvalue weighted by atomic mass is 35.5. The molecule has 0 aliphatic rings. The van der Waals surface area contributed by atoms with Crippen molar-refractivity contribution in [2.45, 2.75) is 39.3 Å². The number of aryl methyl sites for hydroxylation is 1. The van der Waals surface area contributed by atoms with Gasteiger partial charge in [0.1, 0.15) is 5.82 Å². The molecule has 0 saturated carbocycles. The topological polar surface area (TPSA) is 114 Å². The highest BCUT2D eigenvalue weighted by Crippen LogP contribution is 2.25. The van der Waals surface area contributed by atoms with Gasteiger partial charge in [-0.05, 0) is 23.1 Å². The minimum atomic E-state index is -0.142. The fourth-order valence-electron chi connectivity index (χ4n) is 3.43. The van der Waals surface area contributed by atoms with Gasteiger partial charge in [0.25, 0.3) is 0 Å². The average molecular weight is 427 g/mol. The maximum atomic E-state index is 9.75. The van der Waals surface area contributed by atoms with Crippen molar-refractivity contribution in [1.29, 1.82) is 0 Å². The molecule has 2 aromatic carbocycles. The van der Waals surface area contributed by atoms with E-state index >= 15 is 0 Å². The number of unbranched alkanes of at least 4 members (excludes halogenated alkanes) is 1. The molecule has 158 valence electrons. The Kier molecular flexibility index (Phi) is 7.46. The molecule has 6 N–H and O–H groups in total. The maximum Gasteiger partial charge on any atom is 0.152 e. The second-order valence-corrected chi connectivity index (χ2v) is 7.34. The number of nitrogens with one attached hydrogen (secondary N) is 1. The number of nitrogens with zero attached hydrogens (tertiary/aromatic N) is 3. The van der Waals surface area contributed by atoms with Crippen LogP contribution in [0.4, 0.5) is 0 Å². The summed E-state index contributed by atoms with van der Waals surface area (Å²) in [6.07, 6.45) is 2.92. The minimum absolute atomic E-state index is 0.142. The molecule has 0 amide bonds. The molecule has 7 nitrogen and oxygen atoms in total. The van der Waals surface area contributed by atoms with Crippen LogP contribution in [-0.2, 0) is 19.6 Å². The summed E-state index contributed by atoms with van der Waals surface area (Å²) in [5.41, 5.74) is 12.8. The summed E-state index contributed by atoms with van der Waals surface area (Å²) in [5, 5.41) is 14.0. The lowest BCUT2D eigenvalue weighted by Gasteiger charge is -2.13. The second-order valence-electron chi connectivity index (χ2n) is 6.98. The van der Waals surface area contributed by atoms with Gasteiger partial charge >= 0.3 is 0 Å². The van der Waals surface area contributed by atoms with E-state index in [1.807, 2.05) is 41.0 Å². The van der Waals surface area contributed by atoms with E-state index in [1.165, 1.54) is 0 Å². The van der Waals surface area contributed by atoms with E-state index in [0.29, 0.717) is 23.2 Å². The van der Waals surface area contributed by atoms with Gasteiger partial charge in [-0.1, -0.05) is 73.5 Å². The summed E-state index contributed by atoms with van der Waals surface area (Å²) < 4.78 is 2.01.